The Labute approximate surface area is 164 Å². The first-order chi connectivity index (χ1) is 12.9. The Morgan fingerprint density at radius 2 is 1.89 bits per heavy atom. The third kappa shape index (κ3) is 3.23. The molecule has 1 aromatic heterocycles. The SMILES string of the molecule is Cc1nc(C)c(C(=O)N2CCC(N3C(=O)N(C)CC34CCOCC4)CC2)s1. The zero-order valence-electron chi connectivity index (χ0n) is 16.4. The van der Waals surface area contributed by atoms with Gasteiger partial charge in [0, 0.05) is 45.9 Å². The molecule has 0 radical (unpaired) electrons. The molecule has 0 saturated carbocycles. The predicted molar refractivity (Wildman–Crippen MR) is 103 cm³/mol. The first-order valence-electron chi connectivity index (χ1n) is 9.77. The minimum absolute atomic E-state index is 0.0854. The summed E-state index contributed by atoms with van der Waals surface area (Å²) in [6, 6.07) is 0.337. The Kier molecular flexibility index (Phi) is 4.88. The quantitative estimate of drug-likeness (QED) is 0.775. The first-order valence-corrected chi connectivity index (χ1v) is 10.6. The largest absolute Gasteiger partial charge is 0.381 e. The fraction of sp³-hybridized carbons (Fsp3) is 0.737. The highest BCUT2D eigenvalue weighted by molar-refractivity contribution is 7.13. The lowest BCUT2D eigenvalue weighted by molar-refractivity contribution is -0.0150. The summed E-state index contributed by atoms with van der Waals surface area (Å²) < 4.78 is 5.56. The molecule has 3 amide bonds. The summed E-state index contributed by atoms with van der Waals surface area (Å²) in [5.41, 5.74) is 0.730. The van der Waals surface area contributed by atoms with Gasteiger partial charge < -0.3 is 19.4 Å². The molecule has 7 nitrogen and oxygen atoms in total. The number of likely N-dealkylation sites (N-methyl/N-ethyl adjacent to an activating group) is 1. The minimum atomic E-state index is -0.0910. The Bertz CT molecular complexity index is 735. The van der Waals surface area contributed by atoms with E-state index in [1.54, 1.807) is 0 Å². The van der Waals surface area contributed by atoms with Crippen molar-refractivity contribution in [3.8, 4) is 0 Å². The van der Waals surface area contributed by atoms with Crippen molar-refractivity contribution in [3.05, 3.63) is 15.6 Å². The van der Waals surface area contributed by atoms with Gasteiger partial charge in [0.2, 0.25) is 0 Å². The van der Waals surface area contributed by atoms with Gasteiger partial charge in [-0.25, -0.2) is 9.78 Å². The minimum Gasteiger partial charge on any atom is -0.381 e. The standard InChI is InChI=1S/C19H28N4O3S/c1-13-16(27-14(2)20-13)17(24)22-8-4-15(5-9-22)23-18(25)21(3)12-19(23)6-10-26-11-7-19/h15H,4-12H2,1-3H3. The summed E-state index contributed by atoms with van der Waals surface area (Å²) in [5, 5.41) is 0.929. The summed E-state index contributed by atoms with van der Waals surface area (Å²) >= 11 is 1.47. The van der Waals surface area contributed by atoms with Crippen molar-refractivity contribution in [3.63, 3.8) is 0 Å². The van der Waals surface area contributed by atoms with E-state index in [9.17, 15) is 9.59 Å². The number of hydrogen-bond donors (Lipinski definition) is 0. The van der Waals surface area contributed by atoms with E-state index in [2.05, 4.69) is 9.88 Å². The zero-order chi connectivity index (χ0) is 19.2. The van der Waals surface area contributed by atoms with Gasteiger partial charge in [0.25, 0.3) is 5.91 Å². The molecule has 27 heavy (non-hydrogen) atoms. The summed E-state index contributed by atoms with van der Waals surface area (Å²) in [5.74, 6) is 0.0854. The second-order valence-electron chi connectivity index (χ2n) is 8.02. The lowest BCUT2D eigenvalue weighted by Gasteiger charge is -2.46. The van der Waals surface area contributed by atoms with E-state index in [4.69, 9.17) is 4.74 Å². The van der Waals surface area contributed by atoms with E-state index in [0.717, 1.165) is 61.0 Å². The van der Waals surface area contributed by atoms with E-state index in [1.807, 2.05) is 30.7 Å². The highest BCUT2D eigenvalue weighted by atomic mass is 32.1. The molecule has 0 atom stereocenters. The van der Waals surface area contributed by atoms with Gasteiger partial charge >= 0.3 is 6.03 Å². The van der Waals surface area contributed by atoms with Crippen LogP contribution in [0.15, 0.2) is 0 Å². The van der Waals surface area contributed by atoms with E-state index >= 15 is 0 Å². The lowest BCUT2D eigenvalue weighted by atomic mass is 9.86. The molecule has 1 aromatic rings. The maximum atomic E-state index is 12.9. The lowest BCUT2D eigenvalue weighted by Crippen LogP contribution is -2.57. The smallest absolute Gasteiger partial charge is 0.320 e. The van der Waals surface area contributed by atoms with Gasteiger partial charge in [0.15, 0.2) is 0 Å². The summed E-state index contributed by atoms with van der Waals surface area (Å²) in [7, 11) is 1.90. The van der Waals surface area contributed by atoms with Crippen molar-refractivity contribution in [2.75, 3.05) is 39.9 Å². The molecule has 0 N–H and O–H groups in total. The number of urea groups is 1. The molecule has 4 heterocycles. The van der Waals surface area contributed by atoms with Crippen LogP contribution in [0.5, 0.6) is 0 Å². The normalized spacial score (nSPS) is 23.5. The Morgan fingerprint density at radius 1 is 1.22 bits per heavy atom. The molecule has 4 rings (SSSR count). The van der Waals surface area contributed by atoms with Gasteiger partial charge in [0.1, 0.15) is 4.88 Å². The average molecular weight is 393 g/mol. The molecule has 3 fully saturated rings. The van der Waals surface area contributed by atoms with Crippen LogP contribution in [0.2, 0.25) is 0 Å². The number of carbonyl (C=O) groups excluding carboxylic acids is 2. The second kappa shape index (κ2) is 7.05. The van der Waals surface area contributed by atoms with Gasteiger partial charge in [-0.1, -0.05) is 0 Å². The van der Waals surface area contributed by atoms with Crippen molar-refractivity contribution in [1.82, 2.24) is 19.7 Å². The van der Waals surface area contributed by atoms with Gasteiger partial charge in [-0.3, -0.25) is 4.79 Å². The number of aryl methyl sites for hydroxylation is 2. The molecule has 1 spiro atoms. The monoisotopic (exact) mass is 392 g/mol. The number of hydrogen-bond acceptors (Lipinski definition) is 5. The summed E-state index contributed by atoms with van der Waals surface area (Å²) in [6.07, 6.45) is 3.48. The number of aromatic nitrogens is 1. The number of ether oxygens (including phenoxy) is 1. The maximum absolute atomic E-state index is 12.9. The number of rotatable bonds is 2. The summed E-state index contributed by atoms with van der Waals surface area (Å²) in [6.45, 7) is 7.45. The number of carbonyl (C=O) groups is 2. The highest BCUT2D eigenvalue weighted by Crippen LogP contribution is 2.38. The zero-order valence-corrected chi connectivity index (χ0v) is 17.2. The van der Waals surface area contributed by atoms with Crippen LogP contribution in [-0.2, 0) is 4.74 Å². The molecule has 148 valence electrons. The number of nitrogens with zero attached hydrogens (tertiary/aromatic N) is 4. The van der Waals surface area contributed by atoms with Crippen molar-refractivity contribution in [1.29, 1.82) is 0 Å². The van der Waals surface area contributed by atoms with Crippen LogP contribution >= 0.6 is 11.3 Å². The highest BCUT2D eigenvalue weighted by Gasteiger charge is 2.52. The maximum Gasteiger partial charge on any atom is 0.320 e. The molecule has 3 aliphatic heterocycles. The molecule has 3 aliphatic rings. The Morgan fingerprint density at radius 3 is 2.48 bits per heavy atom. The number of piperidine rings is 1. The second-order valence-corrected chi connectivity index (χ2v) is 9.22. The van der Waals surface area contributed by atoms with Gasteiger partial charge in [-0.15, -0.1) is 11.3 Å². The van der Waals surface area contributed by atoms with E-state index in [0.29, 0.717) is 13.1 Å². The van der Waals surface area contributed by atoms with Crippen molar-refractivity contribution in [2.24, 2.45) is 0 Å². The van der Waals surface area contributed by atoms with Gasteiger partial charge in [0.05, 0.1) is 16.2 Å². The molecule has 3 saturated heterocycles. The molecular formula is C19H28N4O3S. The number of amides is 3. The van der Waals surface area contributed by atoms with Gasteiger partial charge in [-0.2, -0.15) is 0 Å². The van der Waals surface area contributed by atoms with Crippen molar-refractivity contribution >= 4 is 23.3 Å². The fourth-order valence-corrected chi connectivity index (χ4v) is 5.75. The Balaban J connectivity index is 1.46. The van der Waals surface area contributed by atoms with E-state index in [1.165, 1.54) is 11.3 Å². The third-order valence-corrected chi connectivity index (χ3v) is 7.27. The predicted octanol–water partition coefficient (Wildman–Crippen LogP) is 2.28. The van der Waals surface area contributed by atoms with Crippen LogP contribution in [0, 0.1) is 13.8 Å². The van der Waals surface area contributed by atoms with Crippen LogP contribution in [-0.4, -0.2) is 83.1 Å². The fourth-order valence-electron chi connectivity index (χ4n) is 4.87. The van der Waals surface area contributed by atoms with Crippen LogP contribution in [0.3, 0.4) is 0 Å². The molecular weight excluding hydrogens is 364 g/mol. The first kappa shape index (κ1) is 18.7. The van der Waals surface area contributed by atoms with Crippen LogP contribution in [0.25, 0.3) is 0 Å². The van der Waals surface area contributed by atoms with Crippen LogP contribution in [0.4, 0.5) is 4.79 Å². The van der Waals surface area contributed by atoms with Crippen LogP contribution < -0.4 is 0 Å². The molecule has 0 unspecified atom stereocenters. The summed E-state index contributed by atoms with van der Waals surface area (Å²) in [4.78, 5) is 36.8. The molecule has 8 heteroatoms. The topological polar surface area (TPSA) is 66.0 Å². The van der Waals surface area contributed by atoms with Crippen LogP contribution in [0.1, 0.15) is 46.1 Å². The number of likely N-dealkylation sites (tertiary alicyclic amines) is 1. The van der Waals surface area contributed by atoms with Crippen molar-refractivity contribution < 1.29 is 14.3 Å². The number of thiazole rings is 1. The third-order valence-electron chi connectivity index (χ3n) is 6.21. The molecule has 0 aromatic carbocycles. The van der Waals surface area contributed by atoms with Gasteiger partial charge in [-0.05, 0) is 39.5 Å². The van der Waals surface area contributed by atoms with E-state index < -0.39 is 0 Å². The van der Waals surface area contributed by atoms with E-state index in [-0.39, 0.29) is 23.5 Å². The average Bonchev–Trinajstić information content (AvgIpc) is 3.11. The molecule has 0 aliphatic carbocycles. The van der Waals surface area contributed by atoms with Crippen molar-refractivity contribution in [2.45, 2.75) is 51.1 Å². The Hall–Kier alpha value is -1.67. The molecule has 0 bridgehead atoms.